The minimum absolute atomic E-state index is 0.0747. The van der Waals surface area contributed by atoms with Gasteiger partial charge in [0.1, 0.15) is 17.9 Å². The Kier molecular flexibility index (Phi) is 4.55. The van der Waals surface area contributed by atoms with Gasteiger partial charge in [0, 0.05) is 0 Å². The van der Waals surface area contributed by atoms with Crippen molar-refractivity contribution in [3.8, 4) is 12.1 Å². The third kappa shape index (κ3) is 3.24. The van der Waals surface area contributed by atoms with Crippen molar-refractivity contribution in [1.29, 1.82) is 10.5 Å². The maximum atomic E-state index is 8.81. The topological polar surface area (TPSA) is 77.0 Å². The van der Waals surface area contributed by atoms with Crippen LogP contribution in [0.4, 0.5) is 0 Å². The number of aliphatic hydroxyl groups is 1. The summed E-state index contributed by atoms with van der Waals surface area (Å²) in [5, 5.41) is 25.3. The number of nitriles is 2. The lowest BCUT2D eigenvalue weighted by Gasteiger charge is -1.98. The molecule has 0 aromatic heterocycles. The van der Waals surface area contributed by atoms with E-state index in [1.807, 2.05) is 0 Å². The number of hydrogen-bond acceptors (Lipinski definition) is 4. The first kappa shape index (κ1) is 9.48. The number of ether oxygens (including phenoxy) is 1. The fraction of sp³-hybridized carbons (Fsp3) is 0.429. The van der Waals surface area contributed by atoms with Gasteiger partial charge in [0.2, 0.25) is 0 Å². The molecule has 0 aliphatic carbocycles. The van der Waals surface area contributed by atoms with Crippen molar-refractivity contribution in [2.75, 3.05) is 6.61 Å². The summed E-state index contributed by atoms with van der Waals surface area (Å²) in [4.78, 5) is 0. The van der Waals surface area contributed by atoms with Gasteiger partial charge in [-0.1, -0.05) is 0 Å². The molecule has 0 saturated carbocycles. The summed E-state index contributed by atoms with van der Waals surface area (Å²) in [6.45, 7) is 2.15. The zero-order chi connectivity index (χ0) is 8.69. The van der Waals surface area contributed by atoms with Crippen LogP contribution < -0.4 is 0 Å². The summed E-state index contributed by atoms with van der Waals surface area (Å²) in [6, 6.07) is 3.16. The minimum atomic E-state index is -1.38. The smallest absolute Gasteiger partial charge is 0.178 e. The maximum absolute atomic E-state index is 8.81. The van der Waals surface area contributed by atoms with Crippen molar-refractivity contribution in [2.45, 2.75) is 13.0 Å². The van der Waals surface area contributed by atoms with E-state index in [1.54, 1.807) is 13.0 Å². The highest BCUT2D eigenvalue weighted by Crippen LogP contribution is 1.99. The first-order valence-corrected chi connectivity index (χ1v) is 3.05. The lowest BCUT2D eigenvalue weighted by molar-refractivity contribution is 0.239. The van der Waals surface area contributed by atoms with Gasteiger partial charge >= 0.3 is 0 Å². The van der Waals surface area contributed by atoms with E-state index in [4.69, 9.17) is 20.4 Å². The van der Waals surface area contributed by atoms with Crippen molar-refractivity contribution in [2.24, 2.45) is 0 Å². The Hall–Kier alpha value is -1.52. The van der Waals surface area contributed by atoms with Gasteiger partial charge in [-0.05, 0) is 6.92 Å². The molecule has 0 radical (unpaired) electrons. The molecule has 0 saturated heterocycles. The Morgan fingerprint density at radius 3 is 2.73 bits per heavy atom. The molecule has 0 bridgehead atoms. The van der Waals surface area contributed by atoms with Crippen molar-refractivity contribution < 1.29 is 9.84 Å². The second-order valence-corrected chi connectivity index (χ2v) is 1.67. The highest BCUT2D eigenvalue weighted by Gasteiger charge is 2.07. The van der Waals surface area contributed by atoms with Crippen LogP contribution in [0.1, 0.15) is 6.92 Å². The number of aliphatic hydroxyl groups excluding tert-OH is 1. The van der Waals surface area contributed by atoms with Crippen LogP contribution >= 0.6 is 0 Å². The molecule has 4 nitrogen and oxygen atoms in total. The van der Waals surface area contributed by atoms with Crippen LogP contribution in [0.15, 0.2) is 11.8 Å². The van der Waals surface area contributed by atoms with Crippen LogP contribution in [0.3, 0.4) is 0 Å². The van der Waals surface area contributed by atoms with E-state index in [2.05, 4.69) is 0 Å². The molecule has 1 atom stereocenters. The molecule has 4 heteroatoms. The van der Waals surface area contributed by atoms with Crippen LogP contribution in [0.25, 0.3) is 0 Å². The lowest BCUT2D eigenvalue weighted by Crippen LogP contribution is -2.05. The first-order chi connectivity index (χ1) is 5.26. The van der Waals surface area contributed by atoms with Gasteiger partial charge in [-0.3, -0.25) is 0 Å². The van der Waals surface area contributed by atoms with E-state index >= 15 is 0 Å². The summed E-state index contributed by atoms with van der Waals surface area (Å²) >= 11 is 0. The zero-order valence-electron chi connectivity index (χ0n) is 6.11. The monoisotopic (exact) mass is 152 g/mol. The minimum Gasteiger partial charge on any atom is -0.500 e. The van der Waals surface area contributed by atoms with E-state index in [1.165, 1.54) is 6.07 Å². The molecule has 1 N–H and O–H groups in total. The fourth-order valence-corrected chi connectivity index (χ4v) is 0.395. The third-order valence-corrected chi connectivity index (χ3v) is 0.923. The van der Waals surface area contributed by atoms with E-state index in [0.29, 0.717) is 6.61 Å². The van der Waals surface area contributed by atoms with Gasteiger partial charge in [-0.25, -0.2) is 0 Å². The molecule has 0 aliphatic heterocycles. The summed E-state index contributed by atoms with van der Waals surface area (Å²) in [6.07, 6.45) is -0.292. The average molecular weight is 152 g/mol. The molecule has 0 heterocycles. The number of nitrogens with zero attached hydrogens (tertiary/aromatic N) is 2. The predicted molar refractivity (Wildman–Crippen MR) is 36.9 cm³/mol. The van der Waals surface area contributed by atoms with Gasteiger partial charge in [0.05, 0.1) is 12.7 Å². The molecular weight excluding hydrogens is 144 g/mol. The molecule has 0 aromatic carbocycles. The second kappa shape index (κ2) is 5.28. The summed E-state index contributed by atoms with van der Waals surface area (Å²) in [5.41, 5.74) is -0.0747. The Labute approximate surface area is 64.9 Å². The average Bonchev–Trinajstić information content (AvgIpc) is 2.05. The van der Waals surface area contributed by atoms with E-state index in [-0.39, 0.29) is 5.57 Å². The molecule has 1 unspecified atom stereocenters. The van der Waals surface area contributed by atoms with Crippen LogP contribution in [0.2, 0.25) is 0 Å². The SMILES string of the molecule is CCO/C=C(/C#N)C(O)C#N. The highest BCUT2D eigenvalue weighted by molar-refractivity contribution is 5.28. The summed E-state index contributed by atoms with van der Waals surface area (Å²) in [7, 11) is 0. The molecule has 0 fully saturated rings. The molecular formula is C7H8N2O2. The molecule has 0 aromatic rings. The number of rotatable bonds is 3. The van der Waals surface area contributed by atoms with Crippen LogP contribution in [-0.4, -0.2) is 17.8 Å². The van der Waals surface area contributed by atoms with Gasteiger partial charge in [-0.2, -0.15) is 10.5 Å². The predicted octanol–water partition coefficient (Wildman–Crippen LogP) is 0.315. The Bertz CT molecular complexity index is 222. The molecule has 0 aliphatic rings. The maximum Gasteiger partial charge on any atom is 0.178 e. The van der Waals surface area contributed by atoms with Crippen LogP contribution in [0, 0.1) is 22.7 Å². The normalized spacial score (nSPS) is 12.9. The zero-order valence-corrected chi connectivity index (χ0v) is 6.11. The lowest BCUT2D eigenvalue weighted by atomic mass is 10.2. The molecule has 0 rings (SSSR count). The van der Waals surface area contributed by atoms with Crippen LogP contribution in [0.5, 0.6) is 0 Å². The van der Waals surface area contributed by atoms with Gasteiger partial charge in [-0.15, -0.1) is 0 Å². The van der Waals surface area contributed by atoms with Gasteiger partial charge in [0.15, 0.2) is 6.10 Å². The first-order valence-electron chi connectivity index (χ1n) is 3.05. The van der Waals surface area contributed by atoms with Crippen molar-refractivity contribution in [1.82, 2.24) is 0 Å². The van der Waals surface area contributed by atoms with E-state index in [0.717, 1.165) is 6.26 Å². The highest BCUT2D eigenvalue weighted by atomic mass is 16.5. The quantitative estimate of drug-likeness (QED) is 0.359. The summed E-state index contributed by atoms with van der Waals surface area (Å²) in [5.74, 6) is 0. The van der Waals surface area contributed by atoms with Gasteiger partial charge < -0.3 is 9.84 Å². The Morgan fingerprint density at radius 2 is 2.36 bits per heavy atom. The third-order valence-electron chi connectivity index (χ3n) is 0.923. The molecule has 0 amide bonds. The standard InChI is InChI=1S/C7H8N2O2/c1-2-11-5-6(3-8)7(10)4-9/h5,7,10H,2H2,1H3/b6-5-. The number of hydrogen-bond donors (Lipinski definition) is 1. The van der Waals surface area contributed by atoms with Gasteiger partial charge in [0.25, 0.3) is 0 Å². The van der Waals surface area contributed by atoms with Crippen molar-refractivity contribution in [3.05, 3.63) is 11.8 Å². The molecule has 11 heavy (non-hydrogen) atoms. The summed E-state index contributed by atoms with van der Waals surface area (Å²) < 4.78 is 4.71. The largest absolute Gasteiger partial charge is 0.500 e. The second-order valence-electron chi connectivity index (χ2n) is 1.67. The van der Waals surface area contributed by atoms with Crippen molar-refractivity contribution >= 4 is 0 Å². The van der Waals surface area contributed by atoms with E-state index < -0.39 is 6.10 Å². The Balaban J connectivity index is 4.21. The van der Waals surface area contributed by atoms with Crippen LogP contribution in [-0.2, 0) is 4.74 Å². The van der Waals surface area contributed by atoms with E-state index in [9.17, 15) is 0 Å². The molecule has 58 valence electrons. The Morgan fingerprint density at radius 1 is 1.73 bits per heavy atom. The van der Waals surface area contributed by atoms with Crippen molar-refractivity contribution in [3.63, 3.8) is 0 Å². The molecule has 0 spiro atoms. The fourth-order valence-electron chi connectivity index (χ4n) is 0.395.